The Hall–Kier alpha value is -3.40. The van der Waals surface area contributed by atoms with Crippen LogP contribution in [0.25, 0.3) is 54.2 Å². The van der Waals surface area contributed by atoms with Crippen molar-refractivity contribution in [2.45, 2.75) is 38.9 Å². The molecule has 7 rings (SSSR count). The van der Waals surface area contributed by atoms with Crippen molar-refractivity contribution in [3.63, 3.8) is 0 Å². The fraction of sp³-hybridized carbons (Fsp3) is 0.188. The Morgan fingerprint density at radius 3 is 1.89 bits per heavy atom. The molecule has 0 radical (unpaired) electrons. The molecule has 0 atom stereocenters. The van der Waals surface area contributed by atoms with Crippen molar-refractivity contribution in [1.29, 1.82) is 0 Å². The van der Waals surface area contributed by atoms with Gasteiger partial charge in [-0.05, 0) is 99.5 Å². The van der Waals surface area contributed by atoms with Gasteiger partial charge >= 0.3 is 7.12 Å². The summed E-state index contributed by atoms with van der Waals surface area (Å²) in [6.45, 7) is 8.45. The maximum atomic E-state index is 6.47. The zero-order valence-electron chi connectivity index (χ0n) is 20.6. The number of benzene rings is 6. The smallest absolute Gasteiger partial charge is 0.399 e. The molecule has 1 aliphatic heterocycles. The third-order valence-electron chi connectivity index (χ3n) is 8.25. The van der Waals surface area contributed by atoms with Crippen molar-refractivity contribution >= 4 is 55.7 Å². The van der Waals surface area contributed by atoms with E-state index >= 15 is 0 Å². The maximum Gasteiger partial charge on any atom is 0.495 e. The standard InChI is InChI=1S/C32H27BO2/c1-31(2)32(3,4)35-33(34-31)28-17-16-25-23-13-8-12-21-18-22(20-10-6-5-7-11-20)19-27(29(21)23)24-14-9-15-26(28)30(24)25/h5-19H,1-4H3. The Bertz CT molecular complexity index is 1730. The van der Waals surface area contributed by atoms with Crippen LogP contribution in [0.4, 0.5) is 0 Å². The largest absolute Gasteiger partial charge is 0.495 e. The molecule has 0 saturated carbocycles. The lowest BCUT2D eigenvalue weighted by Gasteiger charge is -2.32. The van der Waals surface area contributed by atoms with Crippen molar-refractivity contribution in [1.82, 2.24) is 0 Å². The highest BCUT2D eigenvalue weighted by molar-refractivity contribution is 6.66. The van der Waals surface area contributed by atoms with Gasteiger partial charge in [0.25, 0.3) is 0 Å². The maximum absolute atomic E-state index is 6.47. The van der Waals surface area contributed by atoms with Crippen molar-refractivity contribution in [2.24, 2.45) is 0 Å². The molecule has 35 heavy (non-hydrogen) atoms. The normalized spacial score (nSPS) is 17.3. The van der Waals surface area contributed by atoms with Gasteiger partial charge in [0, 0.05) is 0 Å². The number of hydrogen-bond acceptors (Lipinski definition) is 2. The van der Waals surface area contributed by atoms with Crippen LogP contribution >= 0.6 is 0 Å². The van der Waals surface area contributed by atoms with Gasteiger partial charge < -0.3 is 9.31 Å². The predicted molar refractivity (Wildman–Crippen MR) is 149 cm³/mol. The third kappa shape index (κ3) is 2.92. The Morgan fingerprint density at radius 2 is 1.14 bits per heavy atom. The molecule has 0 aliphatic carbocycles. The Morgan fingerprint density at radius 1 is 0.514 bits per heavy atom. The van der Waals surface area contributed by atoms with E-state index in [2.05, 4.69) is 119 Å². The van der Waals surface area contributed by atoms with Gasteiger partial charge in [0.05, 0.1) is 11.2 Å². The second-order valence-electron chi connectivity index (χ2n) is 10.8. The third-order valence-corrected chi connectivity index (χ3v) is 8.25. The average molecular weight is 454 g/mol. The molecule has 0 aromatic heterocycles. The van der Waals surface area contributed by atoms with Gasteiger partial charge in [-0.25, -0.2) is 0 Å². The molecule has 0 spiro atoms. The molecular weight excluding hydrogens is 427 g/mol. The Balaban J connectivity index is 1.57. The molecule has 0 unspecified atom stereocenters. The minimum Gasteiger partial charge on any atom is -0.399 e. The second-order valence-corrected chi connectivity index (χ2v) is 10.8. The van der Waals surface area contributed by atoms with Crippen LogP contribution in [0.5, 0.6) is 0 Å². The second kappa shape index (κ2) is 7.07. The highest BCUT2D eigenvalue weighted by atomic mass is 16.7. The van der Waals surface area contributed by atoms with Gasteiger partial charge in [0.1, 0.15) is 0 Å². The van der Waals surface area contributed by atoms with E-state index < -0.39 is 7.12 Å². The van der Waals surface area contributed by atoms with E-state index in [9.17, 15) is 0 Å². The zero-order chi connectivity index (χ0) is 23.9. The van der Waals surface area contributed by atoms with Crippen molar-refractivity contribution < 1.29 is 9.31 Å². The molecule has 3 heteroatoms. The minimum atomic E-state index is -0.392. The summed E-state index contributed by atoms with van der Waals surface area (Å²) in [6.07, 6.45) is 0. The summed E-state index contributed by atoms with van der Waals surface area (Å²) in [5.41, 5.74) is 2.83. The topological polar surface area (TPSA) is 18.5 Å². The molecule has 6 aromatic rings. The lowest BCUT2D eigenvalue weighted by molar-refractivity contribution is 0.00578. The molecule has 1 heterocycles. The summed E-state index contributed by atoms with van der Waals surface area (Å²) in [5, 5.41) is 10.2. The van der Waals surface area contributed by atoms with Crippen LogP contribution in [-0.2, 0) is 9.31 Å². The lowest BCUT2D eigenvalue weighted by Crippen LogP contribution is -2.41. The van der Waals surface area contributed by atoms with Gasteiger partial charge in [-0.15, -0.1) is 0 Å². The van der Waals surface area contributed by atoms with E-state index in [-0.39, 0.29) is 11.2 Å². The Kier molecular flexibility index (Phi) is 4.23. The van der Waals surface area contributed by atoms with Crippen LogP contribution in [0.1, 0.15) is 27.7 Å². The van der Waals surface area contributed by atoms with E-state index in [4.69, 9.17) is 9.31 Å². The lowest BCUT2D eigenvalue weighted by atomic mass is 9.74. The first-order valence-electron chi connectivity index (χ1n) is 12.4. The van der Waals surface area contributed by atoms with Crippen LogP contribution in [0, 0.1) is 0 Å². The van der Waals surface area contributed by atoms with E-state index in [1.54, 1.807) is 0 Å². The fourth-order valence-corrected chi connectivity index (χ4v) is 5.72. The van der Waals surface area contributed by atoms with Crippen LogP contribution in [0.15, 0.2) is 91.0 Å². The highest BCUT2D eigenvalue weighted by Crippen LogP contribution is 2.43. The molecule has 0 N–H and O–H groups in total. The summed E-state index contributed by atoms with van der Waals surface area (Å²) in [4.78, 5) is 0. The van der Waals surface area contributed by atoms with Gasteiger partial charge in [0.15, 0.2) is 0 Å². The van der Waals surface area contributed by atoms with Crippen LogP contribution in [0.2, 0.25) is 0 Å². The van der Waals surface area contributed by atoms with Crippen LogP contribution < -0.4 is 5.46 Å². The van der Waals surface area contributed by atoms with E-state index in [1.165, 1.54) is 54.2 Å². The first-order chi connectivity index (χ1) is 16.8. The summed E-state index contributed by atoms with van der Waals surface area (Å²) >= 11 is 0. The minimum absolute atomic E-state index is 0.375. The quantitative estimate of drug-likeness (QED) is 0.152. The number of rotatable bonds is 2. The van der Waals surface area contributed by atoms with Gasteiger partial charge in [-0.3, -0.25) is 0 Å². The molecule has 1 aliphatic rings. The molecule has 1 saturated heterocycles. The summed E-state index contributed by atoms with van der Waals surface area (Å²) in [5.74, 6) is 0. The first kappa shape index (κ1) is 20.9. The average Bonchev–Trinajstić information content (AvgIpc) is 3.08. The summed E-state index contributed by atoms with van der Waals surface area (Å²) < 4.78 is 12.9. The zero-order valence-corrected chi connectivity index (χ0v) is 20.6. The Labute approximate surface area is 205 Å². The molecule has 0 amide bonds. The van der Waals surface area contributed by atoms with Crippen molar-refractivity contribution in [3.8, 4) is 11.1 Å². The van der Waals surface area contributed by atoms with Crippen LogP contribution in [0.3, 0.4) is 0 Å². The molecule has 6 aromatic carbocycles. The fourth-order valence-electron chi connectivity index (χ4n) is 5.72. The summed E-state index contributed by atoms with van der Waals surface area (Å²) in [7, 11) is -0.392. The SMILES string of the molecule is CC1(C)OB(c2ccc3c4cccc5cc(-c6ccccc6)cc(c6cccc2c36)c54)OC1(C)C. The number of fused-ring (bicyclic) bond motifs is 2. The predicted octanol–water partition coefficient (Wildman–Crippen LogP) is 7.70. The molecule has 0 bridgehead atoms. The van der Waals surface area contributed by atoms with E-state index in [0.717, 1.165) is 5.46 Å². The van der Waals surface area contributed by atoms with Gasteiger partial charge in [-0.2, -0.15) is 0 Å². The molecule has 170 valence electrons. The molecule has 2 nitrogen and oxygen atoms in total. The van der Waals surface area contributed by atoms with E-state index in [1.807, 2.05) is 0 Å². The van der Waals surface area contributed by atoms with Gasteiger partial charge in [0.2, 0.25) is 0 Å². The van der Waals surface area contributed by atoms with E-state index in [0.29, 0.717) is 0 Å². The number of hydrogen-bond donors (Lipinski definition) is 0. The molecular formula is C32H27BO2. The highest BCUT2D eigenvalue weighted by Gasteiger charge is 2.52. The summed E-state index contributed by atoms with van der Waals surface area (Å²) in [6, 6.07) is 33.1. The molecule has 1 fully saturated rings. The first-order valence-corrected chi connectivity index (χ1v) is 12.4. The van der Waals surface area contributed by atoms with Crippen LogP contribution in [-0.4, -0.2) is 18.3 Å². The van der Waals surface area contributed by atoms with Crippen molar-refractivity contribution in [2.75, 3.05) is 0 Å². The monoisotopic (exact) mass is 454 g/mol. The van der Waals surface area contributed by atoms with Gasteiger partial charge in [-0.1, -0.05) is 78.9 Å². The van der Waals surface area contributed by atoms with Crippen molar-refractivity contribution in [3.05, 3.63) is 91.0 Å².